The van der Waals surface area contributed by atoms with Crippen LogP contribution in [-0.2, 0) is 4.79 Å². The second-order valence-electron chi connectivity index (χ2n) is 3.80. The number of carbonyl (C=O) groups excluding carboxylic acids is 1. The molecule has 0 aliphatic heterocycles. The maximum absolute atomic E-state index is 11.6. The molecule has 0 bridgehead atoms. The van der Waals surface area contributed by atoms with E-state index in [1.807, 2.05) is 12.1 Å². The zero-order chi connectivity index (χ0) is 15.2. The van der Waals surface area contributed by atoms with Crippen molar-refractivity contribution in [2.45, 2.75) is 0 Å². The lowest BCUT2D eigenvalue weighted by atomic mass is 10.3. The predicted octanol–water partition coefficient (Wildman–Crippen LogP) is 4.10. The maximum Gasteiger partial charge on any atom is 0.277 e. The number of amides is 1. The van der Waals surface area contributed by atoms with Gasteiger partial charge in [0.05, 0.1) is 21.4 Å². The number of hydrazone groups is 1. The van der Waals surface area contributed by atoms with Crippen molar-refractivity contribution in [1.82, 2.24) is 5.43 Å². The number of halogens is 3. The predicted molar refractivity (Wildman–Crippen MR) is 89.5 cm³/mol. The molecule has 110 valence electrons. The van der Waals surface area contributed by atoms with Crippen LogP contribution in [0.2, 0.25) is 0 Å². The minimum atomic E-state index is -0.375. The van der Waals surface area contributed by atoms with Crippen molar-refractivity contribution in [3.63, 3.8) is 0 Å². The van der Waals surface area contributed by atoms with E-state index in [1.54, 1.807) is 12.1 Å². The van der Waals surface area contributed by atoms with Gasteiger partial charge < -0.3 is 9.15 Å². The topological polar surface area (TPSA) is 63.8 Å². The fourth-order valence-corrected chi connectivity index (χ4v) is 3.86. The summed E-state index contributed by atoms with van der Waals surface area (Å²) in [6.07, 6.45) is 2.93. The van der Waals surface area contributed by atoms with E-state index < -0.39 is 0 Å². The SMILES string of the molecule is O=C(COc1c(Br)cc(Br)cc1Br)N/N=C\c1ccco1. The van der Waals surface area contributed by atoms with E-state index in [0.717, 1.165) is 13.4 Å². The minimum Gasteiger partial charge on any atom is -0.481 e. The van der Waals surface area contributed by atoms with Crippen LogP contribution in [-0.4, -0.2) is 18.7 Å². The molecule has 0 saturated carbocycles. The van der Waals surface area contributed by atoms with E-state index in [0.29, 0.717) is 11.5 Å². The Morgan fingerprint density at radius 1 is 1.33 bits per heavy atom. The van der Waals surface area contributed by atoms with Crippen LogP contribution in [0.5, 0.6) is 5.75 Å². The molecule has 0 aliphatic carbocycles. The molecule has 0 unspecified atom stereocenters. The first kappa shape index (κ1) is 16.3. The summed E-state index contributed by atoms with van der Waals surface area (Å²) in [7, 11) is 0. The van der Waals surface area contributed by atoms with Gasteiger partial charge in [-0.25, -0.2) is 5.43 Å². The second-order valence-corrected chi connectivity index (χ2v) is 6.42. The molecular formula is C13H9Br3N2O3. The molecule has 0 saturated heterocycles. The highest BCUT2D eigenvalue weighted by molar-refractivity contribution is 9.11. The molecule has 1 aromatic heterocycles. The van der Waals surface area contributed by atoms with Gasteiger partial charge in [0.25, 0.3) is 5.91 Å². The third kappa shape index (κ3) is 4.98. The van der Waals surface area contributed by atoms with E-state index in [9.17, 15) is 4.79 Å². The molecule has 2 aromatic rings. The first-order valence-electron chi connectivity index (χ1n) is 5.69. The summed E-state index contributed by atoms with van der Waals surface area (Å²) in [4.78, 5) is 11.6. The van der Waals surface area contributed by atoms with Gasteiger partial charge in [-0.1, -0.05) is 15.9 Å². The summed E-state index contributed by atoms with van der Waals surface area (Å²) in [6.45, 7) is -0.158. The Kier molecular flexibility index (Phi) is 6.01. The average Bonchev–Trinajstić information content (AvgIpc) is 2.90. The van der Waals surface area contributed by atoms with Gasteiger partial charge in [-0.15, -0.1) is 0 Å². The quantitative estimate of drug-likeness (QED) is 0.518. The molecule has 5 nitrogen and oxygen atoms in total. The molecule has 8 heteroatoms. The van der Waals surface area contributed by atoms with Crippen LogP contribution in [0.25, 0.3) is 0 Å². The first-order valence-corrected chi connectivity index (χ1v) is 8.07. The largest absolute Gasteiger partial charge is 0.481 e. The highest BCUT2D eigenvalue weighted by Crippen LogP contribution is 2.36. The van der Waals surface area contributed by atoms with E-state index in [-0.39, 0.29) is 12.5 Å². The van der Waals surface area contributed by atoms with Crippen molar-refractivity contribution in [2.24, 2.45) is 5.10 Å². The summed E-state index contributed by atoms with van der Waals surface area (Å²) >= 11 is 10.1. The first-order chi connectivity index (χ1) is 10.1. The normalized spacial score (nSPS) is 10.8. The molecule has 1 heterocycles. The Balaban J connectivity index is 1.87. The highest BCUT2D eigenvalue weighted by Gasteiger charge is 2.10. The zero-order valence-corrected chi connectivity index (χ0v) is 15.2. The van der Waals surface area contributed by atoms with Crippen molar-refractivity contribution in [2.75, 3.05) is 6.61 Å². The Bertz CT molecular complexity index is 634. The van der Waals surface area contributed by atoms with Gasteiger partial charge in [0.1, 0.15) is 11.5 Å². The molecule has 1 aromatic carbocycles. The van der Waals surface area contributed by atoms with Crippen molar-refractivity contribution >= 4 is 59.9 Å². The second kappa shape index (κ2) is 7.77. The zero-order valence-electron chi connectivity index (χ0n) is 10.5. The molecule has 1 N–H and O–H groups in total. The van der Waals surface area contributed by atoms with Gasteiger partial charge in [0.15, 0.2) is 6.61 Å². The highest BCUT2D eigenvalue weighted by atomic mass is 79.9. The molecular weight excluding hydrogens is 472 g/mol. The van der Waals surface area contributed by atoms with Crippen LogP contribution in [0.1, 0.15) is 5.76 Å². The van der Waals surface area contributed by atoms with Crippen LogP contribution >= 0.6 is 47.8 Å². The molecule has 1 amide bonds. The molecule has 0 spiro atoms. The van der Waals surface area contributed by atoms with Gasteiger partial charge in [-0.3, -0.25) is 4.79 Å². The number of hydrogen-bond donors (Lipinski definition) is 1. The Labute approximate surface area is 146 Å². The summed E-state index contributed by atoms with van der Waals surface area (Å²) in [5.74, 6) is 0.720. The number of nitrogens with one attached hydrogen (secondary N) is 1. The number of rotatable bonds is 5. The van der Waals surface area contributed by atoms with E-state index in [1.165, 1.54) is 12.5 Å². The van der Waals surface area contributed by atoms with Crippen molar-refractivity contribution < 1.29 is 13.9 Å². The van der Waals surface area contributed by atoms with Crippen molar-refractivity contribution in [3.05, 3.63) is 49.7 Å². The standard InChI is InChI=1S/C13H9Br3N2O3/c14-8-4-10(15)13(11(16)5-8)21-7-12(19)18-17-6-9-2-1-3-20-9/h1-6H,7H2,(H,18,19)/b17-6-. The lowest BCUT2D eigenvalue weighted by molar-refractivity contribution is -0.123. The van der Waals surface area contributed by atoms with Gasteiger partial charge in [-0.05, 0) is 56.1 Å². The molecule has 0 fully saturated rings. The smallest absolute Gasteiger partial charge is 0.277 e. The Morgan fingerprint density at radius 3 is 2.67 bits per heavy atom. The van der Waals surface area contributed by atoms with Gasteiger partial charge in [0.2, 0.25) is 0 Å². The third-order valence-electron chi connectivity index (χ3n) is 2.23. The number of furan rings is 1. The van der Waals surface area contributed by atoms with Crippen molar-refractivity contribution in [1.29, 1.82) is 0 Å². The lowest BCUT2D eigenvalue weighted by Gasteiger charge is -2.09. The number of hydrogen-bond acceptors (Lipinski definition) is 4. The maximum atomic E-state index is 11.6. The summed E-state index contributed by atoms with van der Waals surface area (Å²) < 4.78 is 12.8. The molecule has 0 aliphatic rings. The third-order valence-corrected chi connectivity index (χ3v) is 3.87. The number of nitrogens with zero attached hydrogens (tertiary/aromatic N) is 1. The van der Waals surface area contributed by atoms with Gasteiger partial charge >= 0.3 is 0 Å². The number of ether oxygens (including phenoxy) is 1. The van der Waals surface area contributed by atoms with Gasteiger partial charge in [-0.2, -0.15) is 5.10 Å². The van der Waals surface area contributed by atoms with Crippen LogP contribution in [0.3, 0.4) is 0 Å². The number of carbonyl (C=O) groups is 1. The summed E-state index contributed by atoms with van der Waals surface area (Å²) in [5, 5.41) is 3.76. The van der Waals surface area contributed by atoms with Crippen molar-refractivity contribution in [3.8, 4) is 5.75 Å². The fourth-order valence-electron chi connectivity index (χ4n) is 1.37. The van der Waals surface area contributed by atoms with Crippen LogP contribution in [0.4, 0.5) is 0 Å². The van der Waals surface area contributed by atoms with Gasteiger partial charge in [0, 0.05) is 4.47 Å². The van der Waals surface area contributed by atoms with E-state index >= 15 is 0 Å². The average molecular weight is 481 g/mol. The van der Waals surface area contributed by atoms with Crippen LogP contribution in [0.15, 0.2) is 53.5 Å². The molecule has 0 radical (unpaired) electrons. The molecule has 0 atom stereocenters. The summed E-state index contributed by atoms with van der Waals surface area (Å²) in [6, 6.07) is 7.11. The van der Waals surface area contributed by atoms with Crippen LogP contribution in [0, 0.1) is 0 Å². The molecule has 21 heavy (non-hydrogen) atoms. The van der Waals surface area contributed by atoms with E-state index in [2.05, 4.69) is 58.3 Å². The lowest BCUT2D eigenvalue weighted by Crippen LogP contribution is -2.24. The summed E-state index contributed by atoms with van der Waals surface area (Å²) in [5.41, 5.74) is 2.35. The fraction of sp³-hybridized carbons (Fsp3) is 0.0769. The minimum absolute atomic E-state index is 0.158. The number of benzene rings is 1. The monoisotopic (exact) mass is 478 g/mol. The Morgan fingerprint density at radius 2 is 2.05 bits per heavy atom. The Hall–Kier alpha value is -1.12. The molecule has 2 rings (SSSR count). The van der Waals surface area contributed by atoms with E-state index in [4.69, 9.17) is 9.15 Å². The van der Waals surface area contributed by atoms with Crippen LogP contribution < -0.4 is 10.2 Å².